The Morgan fingerprint density at radius 3 is 2.23 bits per heavy atom. The molecule has 0 spiro atoms. The quantitative estimate of drug-likeness (QED) is 0.300. The summed E-state index contributed by atoms with van der Waals surface area (Å²) < 4.78 is 2.37. The van der Waals surface area contributed by atoms with E-state index in [2.05, 4.69) is 27.4 Å². The number of benzene rings is 3. The Kier molecular flexibility index (Phi) is 6.89. The Hall–Kier alpha value is -3.15. The molecular formula is C29H32ClN3O2. The van der Waals surface area contributed by atoms with Crippen LogP contribution in [0.4, 0.5) is 5.69 Å². The van der Waals surface area contributed by atoms with E-state index < -0.39 is 0 Å². The molecule has 1 aromatic heterocycles. The van der Waals surface area contributed by atoms with Gasteiger partial charge in [-0.25, -0.2) is 0 Å². The van der Waals surface area contributed by atoms with Crippen molar-refractivity contribution in [3.63, 3.8) is 0 Å². The molecule has 5 rings (SSSR count). The van der Waals surface area contributed by atoms with Gasteiger partial charge in [0, 0.05) is 43.6 Å². The summed E-state index contributed by atoms with van der Waals surface area (Å²) in [5, 5.41) is 21.7. The number of rotatable bonds is 7. The minimum atomic E-state index is 0.265. The van der Waals surface area contributed by atoms with Crippen molar-refractivity contribution in [2.75, 3.05) is 37.6 Å². The fourth-order valence-corrected chi connectivity index (χ4v) is 5.52. The molecule has 0 amide bonds. The Balaban J connectivity index is 1.24. The Morgan fingerprint density at radius 2 is 1.49 bits per heavy atom. The van der Waals surface area contributed by atoms with Crippen LogP contribution in [0.5, 0.6) is 11.5 Å². The number of piperazine rings is 1. The number of phenols is 2. The summed E-state index contributed by atoms with van der Waals surface area (Å²) in [6.45, 7) is 8.21. The lowest BCUT2D eigenvalue weighted by atomic mass is 10.1. The van der Waals surface area contributed by atoms with Crippen LogP contribution in [0, 0.1) is 6.92 Å². The summed E-state index contributed by atoms with van der Waals surface area (Å²) in [5.74, 6) is 0.548. The molecule has 2 N–H and O–H groups in total. The zero-order valence-corrected chi connectivity index (χ0v) is 20.9. The first kappa shape index (κ1) is 23.6. The monoisotopic (exact) mass is 489 g/mol. The van der Waals surface area contributed by atoms with Gasteiger partial charge in [0.25, 0.3) is 0 Å². The zero-order chi connectivity index (χ0) is 24.4. The molecule has 1 saturated heterocycles. The molecule has 0 unspecified atom stereocenters. The Bertz CT molecular complexity index is 1310. The predicted molar refractivity (Wildman–Crippen MR) is 145 cm³/mol. The van der Waals surface area contributed by atoms with E-state index in [9.17, 15) is 10.2 Å². The summed E-state index contributed by atoms with van der Waals surface area (Å²) in [7, 11) is 0. The molecule has 6 heteroatoms. The lowest BCUT2D eigenvalue weighted by Crippen LogP contribution is -2.46. The van der Waals surface area contributed by atoms with Gasteiger partial charge in [-0.3, -0.25) is 4.90 Å². The van der Waals surface area contributed by atoms with Crippen LogP contribution in [-0.4, -0.2) is 52.4 Å². The molecule has 182 valence electrons. The third-order valence-corrected chi connectivity index (χ3v) is 7.43. The van der Waals surface area contributed by atoms with Gasteiger partial charge in [0.15, 0.2) is 0 Å². The zero-order valence-electron chi connectivity index (χ0n) is 20.1. The molecule has 1 aliphatic rings. The Morgan fingerprint density at radius 1 is 0.800 bits per heavy atom. The second-order valence-electron chi connectivity index (χ2n) is 9.36. The first-order chi connectivity index (χ1) is 17.0. The number of hydrogen-bond acceptors (Lipinski definition) is 4. The SMILES string of the molecule is Cc1c(-c2ccc(O)cc2)n(CCCCN2CCN(c3ccccc3Cl)CC2)c2ccc(O)cc12. The summed E-state index contributed by atoms with van der Waals surface area (Å²) in [5.41, 5.74) is 5.65. The highest BCUT2D eigenvalue weighted by Crippen LogP contribution is 2.36. The molecule has 2 heterocycles. The van der Waals surface area contributed by atoms with Crippen LogP contribution in [0.25, 0.3) is 22.2 Å². The third kappa shape index (κ3) is 4.97. The molecule has 4 aromatic rings. The average molecular weight is 490 g/mol. The molecular weight excluding hydrogens is 458 g/mol. The van der Waals surface area contributed by atoms with Crippen molar-refractivity contribution in [1.29, 1.82) is 0 Å². The third-order valence-electron chi connectivity index (χ3n) is 7.11. The van der Waals surface area contributed by atoms with Crippen molar-refractivity contribution < 1.29 is 10.2 Å². The number of para-hydroxylation sites is 1. The van der Waals surface area contributed by atoms with Crippen LogP contribution < -0.4 is 4.90 Å². The highest BCUT2D eigenvalue weighted by Gasteiger charge is 2.19. The minimum absolute atomic E-state index is 0.265. The second-order valence-corrected chi connectivity index (χ2v) is 9.77. The van der Waals surface area contributed by atoms with Crippen LogP contribution in [0.3, 0.4) is 0 Å². The van der Waals surface area contributed by atoms with E-state index in [-0.39, 0.29) is 11.5 Å². The minimum Gasteiger partial charge on any atom is -0.508 e. The maximum absolute atomic E-state index is 10.1. The van der Waals surface area contributed by atoms with Gasteiger partial charge in [0.1, 0.15) is 11.5 Å². The maximum atomic E-state index is 10.1. The first-order valence-electron chi connectivity index (χ1n) is 12.3. The lowest BCUT2D eigenvalue weighted by Gasteiger charge is -2.36. The van der Waals surface area contributed by atoms with Crippen LogP contribution in [0.15, 0.2) is 66.7 Å². The van der Waals surface area contributed by atoms with Gasteiger partial charge in [-0.15, -0.1) is 0 Å². The standard InChI is InChI=1S/C29H32ClN3O2/c1-21-25-20-24(35)12-13-27(25)33(29(21)22-8-10-23(34)11-9-22)15-5-4-14-31-16-18-32(19-17-31)28-7-3-2-6-26(28)30/h2-3,6-13,20,34-35H,4-5,14-19H2,1H3. The van der Waals surface area contributed by atoms with E-state index >= 15 is 0 Å². The van der Waals surface area contributed by atoms with E-state index in [1.165, 1.54) is 0 Å². The number of anilines is 1. The largest absolute Gasteiger partial charge is 0.508 e. The number of nitrogens with zero attached hydrogens (tertiary/aromatic N) is 3. The van der Waals surface area contributed by atoms with Crippen LogP contribution >= 0.6 is 11.6 Å². The van der Waals surface area contributed by atoms with Gasteiger partial charge in [0.2, 0.25) is 0 Å². The Labute approximate surface area is 211 Å². The molecule has 3 aromatic carbocycles. The fourth-order valence-electron chi connectivity index (χ4n) is 5.26. The number of phenolic OH excluding ortho intramolecular Hbond substituents is 2. The van der Waals surface area contributed by atoms with Crippen molar-refractivity contribution >= 4 is 28.2 Å². The normalized spacial score (nSPS) is 14.6. The summed E-state index contributed by atoms with van der Waals surface area (Å²) >= 11 is 6.39. The average Bonchev–Trinajstić information content (AvgIpc) is 3.14. The predicted octanol–water partition coefficient (Wildman–Crippen LogP) is 6.28. The summed E-state index contributed by atoms with van der Waals surface area (Å²) in [4.78, 5) is 4.93. The molecule has 0 radical (unpaired) electrons. The van der Waals surface area contributed by atoms with E-state index in [1.54, 1.807) is 18.2 Å². The number of halogens is 1. The lowest BCUT2D eigenvalue weighted by molar-refractivity contribution is 0.251. The van der Waals surface area contributed by atoms with E-state index in [1.807, 2.05) is 42.5 Å². The highest BCUT2D eigenvalue weighted by molar-refractivity contribution is 6.33. The van der Waals surface area contributed by atoms with Crippen molar-refractivity contribution in [3.8, 4) is 22.8 Å². The molecule has 1 fully saturated rings. The molecule has 0 atom stereocenters. The highest BCUT2D eigenvalue weighted by atomic mass is 35.5. The molecule has 0 aliphatic carbocycles. The van der Waals surface area contributed by atoms with E-state index in [4.69, 9.17) is 11.6 Å². The second kappa shape index (κ2) is 10.2. The summed E-state index contributed by atoms with van der Waals surface area (Å²) in [6, 6.07) is 21.1. The number of aromatic hydroxyl groups is 2. The number of hydrogen-bond donors (Lipinski definition) is 2. The van der Waals surface area contributed by atoms with Crippen LogP contribution in [0.1, 0.15) is 18.4 Å². The number of unbranched alkanes of at least 4 members (excludes halogenated alkanes) is 1. The number of fused-ring (bicyclic) bond motifs is 1. The molecule has 1 aliphatic heterocycles. The van der Waals surface area contributed by atoms with Crippen LogP contribution in [0.2, 0.25) is 5.02 Å². The first-order valence-corrected chi connectivity index (χ1v) is 12.7. The topological polar surface area (TPSA) is 51.9 Å². The number of aryl methyl sites for hydroxylation is 2. The van der Waals surface area contributed by atoms with Gasteiger partial charge in [-0.1, -0.05) is 23.7 Å². The van der Waals surface area contributed by atoms with Gasteiger partial charge in [-0.2, -0.15) is 0 Å². The van der Waals surface area contributed by atoms with Crippen molar-refractivity contribution in [2.45, 2.75) is 26.3 Å². The van der Waals surface area contributed by atoms with E-state index in [0.717, 1.165) is 90.5 Å². The molecule has 0 bridgehead atoms. The van der Waals surface area contributed by atoms with Crippen molar-refractivity contribution in [3.05, 3.63) is 77.3 Å². The van der Waals surface area contributed by atoms with Gasteiger partial charge >= 0.3 is 0 Å². The fraction of sp³-hybridized carbons (Fsp3) is 0.310. The van der Waals surface area contributed by atoms with Crippen LogP contribution in [-0.2, 0) is 6.54 Å². The molecule has 5 nitrogen and oxygen atoms in total. The smallest absolute Gasteiger partial charge is 0.116 e. The van der Waals surface area contributed by atoms with Crippen molar-refractivity contribution in [2.24, 2.45) is 0 Å². The van der Waals surface area contributed by atoms with E-state index in [0.29, 0.717) is 0 Å². The van der Waals surface area contributed by atoms with Gasteiger partial charge in [-0.05, 0) is 92.0 Å². The maximum Gasteiger partial charge on any atom is 0.116 e. The molecule has 0 saturated carbocycles. The number of aromatic nitrogens is 1. The van der Waals surface area contributed by atoms with Gasteiger partial charge < -0.3 is 19.7 Å². The van der Waals surface area contributed by atoms with Crippen molar-refractivity contribution in [1.82, 2.24) is 9.47 Å². The summed E-state index contributed by atoms with van der Waals surface area (Å²) in [6.07, 6.45) is 2.19. The van der Waals surface area contributed by atoms with Gasteiger partial charge in [0.05, 0.1) is 16.4 Å². The molecule has 35 heavy (non-hydrogen) atoms.